The Hall–Kier alpha value is -1.99. The van der Waals surface area contributed by atoms with Crippen LogP contribution in [-0.2, 0) is 0 Å². The van der Waals surface area contributed by atoms with Crippen molar-refractivity contribution in [1.82, 2.24) is 15.0 Å². The van der Waals surface area contributed by atoms with Gasteiger partial charge in [0.2, 0.25) is 0 Å². The third kappa shape index (κ3) is 5.58. The quantitative estimate of drug-likeness (QED) is 0.246. The van der Waals surface area contributed by atoms with E-state index in [1.165, 1.54) is 46.1 Å². The van der Waals surface area contributed by atoms with E-state index in [1.807, 2.05) is 0 Å². The van der Waals surface area contributed by atoms with E-state index in [0.717, 1.165) is 17.1 Å². The molecule has 37 heavy (non-hydrogen) atoms. The molecular formula is C30H24AsN3Se3. The monoisotopic (exact) mass is 741 g/mol. The van der Waals surface area contributed by atoms with Crippen molar-refractivity contribution in [3.63, 3.8) is 0 Å². The van der Waals surface area contributed by atoms with Crippen LogP contribution in [0.15, 0.2) is 91.0 Å². The third-order valence-corrected chi connectivity index (χ3v) is 46.9. The molecule has 0 N–H and O–H groups in total. The first kappa shape index (κ1) is 25.3. The third-order valence-electron chi connectivity index (χ3n) is 5.99. The van der Waals surface area contributed by atoms with Crippen LogP contribution in [0, 0.1) is 20.8 Å². The Morgan fingerprint density at radius 1 is 0.432 bits per heavy atom. The summed E-state index contributed by atoms with van der Waals surface area (Å²) in [7, 11) is -1.30. The summed E-state index contributed by atoms with van der Waals surface area (Å²) in [5.41, 5.74) is 6.88. The summed E-state index contributed by atoms with van der Waals surface area (Å²) in [5.74, 6) is 0. The van der Waals surface area contributed by atoms with Crippen molar-refractivity contribution in [1.29, 1.82) is 0 Å². The molecule has 0 saturated carbocycles. The van der Waals surface area contributed by atoms with Crippen LogP contribution in [0.2, 0.25) is 0 Å². The molecule has 0 amide bonds. The van der Waals surface area contributed by atoms with E-state index >= 15 is 0 Å². The van der Waals surface area contributed by atoms with Gasteiger partial charge in [0.05, 0.1) is 0 Å². The van der Waals surface area contributed by atoms with E-state index < -0.39 is 9.00 Å². The van der Waals surface area contributed by atoms with Gasteiger partial charge in [-0.3, -0.25) is 0 Å². The summed E-state index contributed by atoms with van der Waals surface area (Å²) in [4.78, 5) is 15.0. The first-order valence-electron chi connectivity index (χ1n) is 12.0. The summed E-state index contributed by atoms with van der Waals surface area (Å²) in [6.45, 7) is 6.29. The van der Waals surface area contributed by atoms with E-state index in [0.29, 0.717) is 38.9 Å². The fourth-order valence-corrected chi connectivity index (χ4v) is 52.8. The van der Waals surface area contributed by atoms with Crippen LogP contribution in [0.5, 0.6) is 0 Å². The minimum atomic E-state index is -1.30. The van der Waals surface area contributed by atoms with Crippen LogP contribution in [-0.4, -0.2) is 62.8 Å². The standard InChI is InChI=1S/C30H24AsN3Se3/c1-19-13-16-22-7-4-10-25(28(22)32-19)35-31(36-26-11-5-8-23-17-14-20(2)33-29(23)26)37-27-12-6-9-24-18-15-21(3)34-30(24)27/h4-18H,1-3H3. The Morgan fingerprint density at radius 3 is 1.08 bits per heavy atom. The molecule has 7 heteroatoms. The molecule has 6 rings (SSSR count). The minimum absolute atomic E-state index is 0.408. The Morgan fingerprint density at radius 2 is 0.757 bits per heavy atom. The number of hydrogen-bond donors (Lipinski definition) is 0. The number of aromatic nitrogens is 3. The number of benzene rings is 3. The topological polar surface area (TPSA) is 38.7 Å². The van der Waals surface area contributed by atoms with Crippen LogP contribution in [0.3, 0.4) is 0 Å². The number of aryl methyl sites for hydroxylation is 3. The molecule has 0 spiro atoms. The molecule has 0 aliphatic rings. The fraction of sp³-hybridized carbons (Fsp3) is 0.100. The van der Waals surface area contributed by atoms with Crippen LogP contribution in [0.25, 0.3) is 32.7 Å². The second-order valence-electron chi connectivity index (χ2n) is 8.84. The molecule has 0 bridgehead atoms. The van der Waals surface area contributed by atoms with Crippen molar-refractivity contribution in [3.05, 3.63) is 108 Å². The van der Waals surface area contributed by atoms with E-state index in [2.05, 4.69) is 112 Å². The van der Waals surface area contributed by atoms with Crippen molar-refractivity contribution >= 4 is 94.0 Å². The van der Waals surface area contributed by atoms with E-state index in [1.54, 1.807) is 0 Å². The van der Waals surface area contributed by atoms with Gasteiger partial charge in [-0.1, -0.05) is 0 Å². The van der Waals surface area contributed by atoms with E-state index in [9.17, 15) is 0 Å². The molecule has 0 aliphatic heterocycles. The zero-order chi connectivity index (χ0) is 25.4. The molecule has 3 aromatic carbocycles. The van der Waals surface area contributed by atoms with E-state index in [-0.39, 0.29) is 0 Å². The van der Waals surface area contributed by atoms with Crippen molar-refractivity contribution in [3.8, 4) is 0 Å². The van der Waals surface area contributed by atoms with Gasteiger partial charge in [0.1, 0.15) is 0 Å². The first-order valence-corrected chi connectivity index (χ1v) is 28.8. The summed E-state index contributed by atoms with van der Waals surface area (Å²) in [6, 6.07) is 33.3. The Kier molecular flexibility index (Phi) is 7.53. The van der Waals surface area contributed by atoms with Gasteiger partial charge in [0, 0.05) is 0 Å². The van der Waals surface area contributed by atoms with Gasteiger partial charge in [-0.05, 0) is 0 Å². The fourth-order valence-electron chi connectivity index (χ4n) is 4.17. The normalized spacial score (nSPS) is 11.7. The van der Waals surface area contributed by atoms with Gasteiger partial charge < -0.3 is 0 Å². The molecule has 3 heterocycles. The molecule has 0 unspecified atom stereocenters. The average molecular weight is 738 g/mol. The van der Waals surface area contributed by atoms with Crippen molar-refractivity contribution in [2.75, 3.05) is 0 Å². The van der Waals surface area contributed by atoms with Crippen molar-refractivity contribution < 1.29 is 0 Å². The predicted molar refractivity (Wildman–Crippen MR) is 161 cm³/mol. The average Bonchev–Trinajstić information content (AvgIpc) is 2.89. The van der Waals surface area contributed by atoms with Gasteiger partial charge in [-0.2, -0.15) is 0 Å². The van der Waals surface area contributed by atoms with Gasteiger partial charge >= 0.3 is 238 Å². The maximum atomic E-state index is 4.99. The number of hydrogen-bond acceptors (Lipinski definition) is 3. The van der Waals surface area contributed by atoms with Gasteiger partial charge in [0.15, 0.2) is 0 Å². The number of rotatable bonds is 6. The van der Waals surface area contributed by atoms with Crippen molar-refractivity contribution in [2.24, 2.45) is 0 Å². The molecule has 3 nitrogen and oxygen atoms in total. The second kappa shape index (κ2) is 11.0. The van der Waals surface area contributed by atoms with Gasteiger partial charge in [-0.25, -0.2) is 0 Å². The Labute approximate surface area is 235 Å². The molecule has 0 radical (unpaired) electrons. The SMILES string of the molecule is Cc1ccc2cccc([Se][As]([Se]c3cccc4ccc(C)nc34)[Se]c3cccc4ccc(C)nc34)c2n1. The predicted octanol–water partition coefficient (Wildman–Crippen LogP) is 3.63. The molecule has 182 valence electrons. The molecule has 0 aliphatic carbocycles. The van der Waals surface area contributed by atoms with E-state index in [4.69, 9.17) is 15.0 Å². The summed E-state index contributed by atoms with van der Waals surface area (Å²) < 4.78 is 4.39. The summed E-state index contributed by atoms with van der Waals surface area (Å²) in [5, 5.41) is 3.76. The summed E-state index contributed by atoms with van der Waals surface area (Å²) >= 11 is 1.22. The second-order valence-corrected chi connectivity index (χ2v) is 49.9. The zero-order valence-corrected chi connectivity index (χ0v) is 27.7. The van der Waals surface area contributed by atoms with Crippen LogP contribution in [0.1, 0.15) is 17.1 Å². The Balaban J connectivity index is 1.44. The van der Waals surface area contributed by atoms with Crippen LogP contribution < -0.4 is 13.4 Å². The van der Waals surface area contributed by atoms with Crippen LogP contribution in [0.4, 0.5) is 0 Å². The molecule has 3 aromatic heterocycles. The van der Waals surface area contributed by atoms with Crippen molar-refractivity contribution in [2.45, 2.75) is 20.8 Å². The number of para-hydroxylation sites is 3. The molecule has 6 aromatic rings. The summed E-state index contributed by atoms with van der Waals surface area (Å²) in [6.07, 6.45) is 0. The van der Waals surface area contributed by atoms with Gasteiger partial charge in [0.25, 0.3) is 0 Å². The first-order chi connectivity index (χ1) is 18.0. The van der Waals surface area contributed by atoms with Gasteiger partial charge in [-0.15, -0.1) is 0 Å². The number of fused-ring (bicyclic) bond motifs is 3. The molecule has 0 saturated heterocycles. The molecule has 0 atom stereocenters. The van der Waals surface area contributed by atoms with Crippen LogP contribution >= 0.6 is 0 Å². The molecular weight excluding hydrogens is 714 g/mol. The number of nitrogens with zero attached hydrogens (tertiary/aromatic N) is 3. The maximum absolute atomic E-state index is 4.99. The Bertz CT molecular complexity index is 1570. The molecule has 0 fully saturated rings. The number of pyridine rings is 3. The zero-order valence-electron chi connectivity index (χ0n) is 20.7.